The fourth-order valence-electron chi connectivity index (χ4n) is 5.71. The van der Waals surface area contributed by atoms with E-state index < -0.39 is 0 Å². The van der Waals surface area contributed by atoms with Gasteiger partial charge in [-0.3, -0.25) is 0 Å². The summed E-state index contributed by atoms with van der Waals surface area (Å²) in [7, 11) is 2.18. The van der Waals surface area contributed by atoms with Crippen molar-refractivity contribution in [3.63, 3.8) is 0 Å². The molecule has 0 saturated carbocycles. The molecule has 3 aromatic carbocycles. The first kappa shape index (κ1) is 21.2. The molecule has 1 N–H and O–H groups in total. The van der Waals surface area contributed by atoms with E-state index >= 15 is 0 Å². The Morgan fingerprint density at radius 2 is 1.66 bits per heavy atom. The molecule has 4 heteroatoms. The van der Waals surface area contributed by atoms with Gasteiger partial charge in [-0.25, -0.2) is 0 Å². The number of allylic oxidation sites excluding steroid dienone is 4. The van der Waals surface area contributed by atoms with Crippen LogP contribution in [0, 0.1) is 0 Å². The predicted octanol–water partition coefficient (Wildman–Crippen LogP) is 7.69. The summed E-state index contributed by atoms with van der Waals surface area (Å²) in [4.78, 5) is 6.53. The second kappa shape index (κ2) is 8.54. The van der Waals surface area contributed by atoms with Crippen LogP contribution < -0.4 is 5.32 Å². The lowest BCUT2D eigenvalue weighted by atomic mass is 9.84. The number of likely N-dealkylation sites (N-methyl/N-ethyl adjacent to an activating group) is 1. The Bertz CT molecular complexity index is 1450. The summed E-state index contributed by atoms with van der Waals surface area (Å²) in [6, 6.07) is 23.1. The molecule has 0 aliphatic carbocycles. The van der Waals surface area contributed by atoms with Gasteiger partial charge in [0.25, 0.3) is 0 Å². The molecule has 0 bridgehead atoms. The van der Waals surface area contributed by atoms with E-state index in [9.17, 15) is 0 Å². The molecule has 3 aromatic rings. The zero-order valence-corrected chi connectivity index (χ0v) is 21.2. The number of nitrogens with zero attached hydrogens (tertiary/aromatic N) is 1. The van der Waals surface area contributed by atoms with Gasteiger partial charge in [-0.05, 0) is 46.7 Å². The Morgan fingerprint density at radius 3 is 2.54 bits per heavy atom. The fraction of sp³-hybridized carbons (Fsp3) is 0.161. The number of dihydropyridines is 1. The maximum absolute atomic E-state index is 3.62. The smallest absolute Gasteiger partial charge is 0.0732 e. The van der Waals surface area contributed by atoms with Crippen molar-refractivity contribution in [1.82, 2.24) is 10.2 Å². The minimum absolute atomic E-state index is 0.230. The summed E-state index contributed by atoms with van der Waals surface area (Å²) < 4.78 is 0. The number of hydrogen-bond donors (Lipinski definition) is 1. The van der Waals surface area contributed by atoms with Crippen molar-refractivity contribution in [3.05, 3.63) is 131 Å². The number of benzene rings is 3. The van der Waals surface area contributed by atoms with Crippen molar-refractivity contribution < 1.29 is 0 Å². The van der Waals surface area contributed by atoms with Crippen molar-refractivity contribution in [3.8, 4) is 0 Å². The molecule has 0 aromatic heterocycles. The molecule has 0 radical (unpaired) electrons. The second-order valence-corrected chi connectivity index (χ2v) is 11.6. The van der Waals surface area contributed by atoms with E-state index in [1.807, 2.05) is 23.5 Å². The lowest BCUT2D eigenvalue weighted by Gasteiger charge is -2.29. The number of nitrogens with one attached hydrogen (secondary N) is 1. The summed E-state index contributed by atoms with van der Waals surface area (Å²) in [5.74, 6) is 0.344. The van der Waals surface area contributed by atoms with Crippen molar-refractivity contribution in [2.24, 2.45) is 0 Å². The first-order valence-electron chi connectivity index (χ1n) is 12.2. The Labute approximate surface area is 215 Å². The minimum atomic E-state index is 0.230. The van der Waals surface area contributed by atoms with Crippen LogP contribution in [0.5, 0.6) is 0 Å². The third-order valence-electron chi connectivity index (χ3n) is 7.36. The monoisotopic (exact) mass is 490 g/mol. The van der Waals surface area contributed by atoms with Crippen LogP contribution in [0.15, 0.2) is 118 Å². The van der Waals surface area contributed by atoms with Gasteiger partial charge in [0.05, 0.1) is 6.04 Å². The molecule has 3 unspecified atom stereocenters. The highest BCUT2D eigenvalue weighted by molar-refractivity contribution is 8.01. The molecular weight excluding hydrogens is 464 g/mol. The van der Waals surface area contributed by atoms with E-state index in [0.29, 0.717) is 11.2 Å². The Morgan fingerprint density at radius 1 is 0.829 bits per heavy atom. The molecule has 0 spiro atoms. The first-order chi connectivity index (χ1) is 17.3. The standard InChI is InChI=1S/C31H26N2S2/c1-33-19-7-5-16-26(33)21-12-9-13-23-28-22-10-2-3-17-27(22)34-31(28)24-14-8-11-20(29(24)35-30(21)23)25-15-4-6-18-32-25/h2-17,19,26,28,31-32H,18H2,1H3. The zero-order valence-electron chi connectivity index (χ0n) is 19.5. The Kier molecular flexibility index (Phi) is 5.18. The molecule has 0 fully saturated rings. The predicted molar refractivity (Wildman–Crippen MR) is 148 cm³/mol. The molecule has 2 nitrogen and oxygen atoms in total. The van der Waals surface area contributed by atoms with Gasteiger partial charge in [0.1, 0.15) is 0 Å². The van der Waals surface area contributed by atoms with Crippen molar-refractivity contribution in [2.75, 3.05) is 13.6 Å². The van der Waals surface area contributed by atoms with Gasteiger partial charge in [0, 0.05) is 50.7 Å². The number of hydrogen-bond acceptors (Lipinski definition) is 4. The van der Waals surface area contributed by atoms with Gasteiger partial charge < -0.3 is 10.2 Å². The normalized spacial score (nSPS) is 23.5. The average Bonchev–Trinajstić information content (AvgIpc) is 3.22. The average molecular weight is 491 g/mol. The maximum Gasteiger partial charge on any atom is 0.0732 e. The van der Waals surface area contributed by atoms with Crippen LogP contribution in [0.25, 0.3) is 5.70 Å². The molecule has 0 saturated heterocycles. The Balaban J connectivity index is 1.49. The van der Waals surface area contributed by atoms with Gasteiger partial charge in [-0.2, -0.15) is 0 Å². The summed E-state index contributed by atoms with van der Waals surface area (Å²) in [5, 5.41) is 3.98. The fourth-order valence-corrected chi connectivity index (χ4v) is 8.73. The molecular formula is C31H26N2S2. The third-order valence-corrected chi connectivity index (χ3v) is 10.1. The third kappa shape index (κ3) is 3.42. The van der Waals surface area contributed by atoms with E-state index in [1.54, 1.807) is 0 Å². The highest BCUT2D eigenvalue weighted by atomic mass is 32.2. The van der Waals surface area contributed by atoms with E-state index in [2.05, 4.69) is 121 Å². The SMILES string of the molecule is CN1C=CC=CC1c1cccc2c1Sc1c(C3=CC=CCN3)cccc1C1Sc3ccccc3C21. The minimum Gasteiger partial charge on any atom is -0.381 e. The first-order valence-corrected chi connectivity index (χ1v) is 13.9. The summed E-state index contributed by atoms with van der Waals surface area (Å²) >= 11 is 4.01. The maximum atomic E-state index is 3.62. The summed E-state index contributed by atoms with van der Waals surface area (Å²) in [6.07, 6.45) is 15.3. The van der Waals surface area contributed by atoms with Gasteiger partial charge in [0.15, 0.2) is 0 Å². The van der Waals surface area contributed by atoms with Gasteiger partial charge in [-0.1, -0.05) is 90.7 Å². The topological polar surface area (TPSA) is 15.3 Å². The molecule has 4 aliphatic heterocycles. The molecule has 7 rings (SSSR count). The van der Waals surface area contributed by atoms with Crippen LogP contribution in [0.2, 0.25) is 0 Å². The number of fused-ring (bicyclic) bond motifs is 7. The summed E-state index contributed by atoms with van der Waals surface area (Å²) in [5.41, 5.74) is 8.28. The van der Waals surface area contributed by atoms with Gasteiger partial charge >= 0.3 is 0 Å². The highest BCUT2D eigenvalue weighted by Crippen LogP contribution is 2.63. The van der Waals surface area contributed by atoms with Crippen LogP contribution >= 0.6 is 23.5 Å². The Hall–Kier alpha value is -3.08. The van der Waals surface area contributed by atoms with E-state index in [0.717, 1.165) is 6.54 Å². The van der Waals surface area contributed by atoms with E-state index in [4.69, 9.17) is 0 Å². The lowest BCUT2D eigenvalue weighted by Crippen LogP contribution is -2.20. The molecule has 35 heavy (non-hydrogen) atoms. The molecule has 3 atom stereocenters. The zero-order chi connectivity index (χ0) is 23.4. The van der Waals surface area contributed by atoms with Crippen LogP contribution in [0.3, 0.4) is 0 Å². The van der Waals surface area contributed by atoms with Crippen LogP contribution in [-0.2, 0) is 0 Å². The highest BCUT2D eigenvalue weighted by Gasteiger charge is 2.41. The van der Waals surface area contributed by atoms with Crippen LogP contribution in [0.1, 0.15) is 45.0 Å². The van der Waals surface area contributed by atoms with Crippen molar-refractivity contribution >= 4 is 29.2 Å². The van der Waals surface area contributed by atoms with Crippen LogP contribution in [-0.4, -0.2) is 18.5 Å². The quantitative estimate of drug-likeness (QED) is 0.396. The van der Waals surface area contributed by atoms with Gasteiger partial charge in [-0.15, -0.1) is 11.8 Å². The largest absolute Gasteiger partial charge is 0.381 e. The van der Waals surface area contributed by atoms with E-state index in [-0.39, 0.29) is 6.04 Å². The molecule has 4 heterocycles. The molecule has 0 amide bonds. The lowest BCUT2D eigenvalue weighted by molar-refractivity contribution is 0.385. The van der Waals surface area contributed by atoms with Crippen molar-refractivity contribution in [1.29, 1.82) is 0 Å². The van der Waals surface area contributed by atoms with Crippen LogP contribution in [0.4, 0.5) is 0 Å². The van der Waals surface area contributed by atoms with E-state index in [1.165, 1.54) is 48.2 Å². The molecule has 172 valence electrons. The number of thioether (sulfide) groups is 1. The molecule has 4 aliphatic rings. The number of rotatable bonds is 2. The summed E-state index contributed by atoms with van der Waals surface area (Å²) in [6.45, 7) is 0.873. The van der Waals surface area contributed by atoms with Crippen molar-refractivity contribution in [2.45, 2.75) is 31.9 Å². The van der Waals surface area contributed by atoms with Gasteiger partial charge in [0.2, 0.25) is 0 Å². The second-order valence-electron chi connectivity index (χ2n) is 9.37.